The van der Waals surface area contributed by atoms with Crippen LogP contribution in [0.25, 0.3) is 10.4 Å². The first-order chi connectivity index (χ1) is 12.9. The molecular formula is C22H27N3O2. The number of benzene rings is 1. The number of nitrogens with zero attached hydrogens (tertiary/aromatic N) is 3. The van der Waals surface area contributed by atoms with Gasteiger partial charge in [-0.2, -0.15) is 0 Å². The highest BCUT2D eigenvalue weighted by Crippen LogP contribution is 2.53. The topological polar surface area (TPSA) is 78.2 Å². The maximum absolute atomic E-state index is 10.7. The highest BCUT2D eigenvalue weighted by molar-refractivity contribution is 5.54. The van der Waals surface area contributed by atoms with Crippen LogP contribution >= 0.6 is 0 Å². The molecule has 0 saturated carbocycles. The summed E-state index contributed by atoms with van der Waals surface area (Å²) in [7, 11) is 0. The predicted molar refractivity (Wildman–Crippen MR) is 107 cm³/mol. The molecule has 0 aromatic heterocycles. The molecule has 3 rings (SSSR count). The van der Waals surface area contributed by atoms with E-state index in [9.17, 15) is 5.11 Å². The van der Waals surface area contributed by atoms with Gasteiger partial charge in [-0.25, -0.2) is 0 Å². The lowest BCUT2D eigenvalue weighted by Gasteiger charge is -2.46. The Bertz CT molecular complexity index is 854. The monoisotopic (exact) mass is 365 g/mol. The van der Waals surface area contributed by atoms with E-state index < -0.39 is 0 Å². The summed E-state index contributed by atoms with van der Waals surface area (Å²) in [6.45, 7) is 6.94. The number of rotatable bonds is 4. The molecule has 2 aliphatic rings. The molecule has 1 N–H and O–H groups in total. The zero-order chi connectivity index (χ0) is 19.4. The Hall–Kier alpha value is -2.57. The normalized spacial score (nSPS) is 22.1. The molecule has 5 heteroatoms. The highest BCUT2D eigenvalue weighted by Gasteiger charge is 2.45. The number of allylic oxidation sites excluding steroid dienone is 2. The number of azide groups is 1. The van der Waals surface area contributed by atoms with E-state index in [1.165, 1.54) is 5.57 Å². The third-order valence-corrected chi connectivity index (χ3v) is 5.57. The molecule has 1 aromatic carbocycles. The number of ether oxygens (including phenoxy) is 1. The molecular weight excluding hydrogens is 338 g/mol. The molecule has 0 spiro atoms. The van der Waals surface area contributed by atoms with Crippen LogP contribution in [0.3, 0.4) is 0 Å². The number of phenolic OH excluding ortho intramolecular Hbond substituents is 1. The summed E-state index contributed by atoms with van der Waals surface area (Å²) < 4.78 is 6.33. The van der Waals surface area contributed by atoms with Gasteiger partial charge in [0.05, 0.1) is 0 Å². The molecule has 0 unspecified atom stereocenters. The van der Waals surface area contributed by atoms with Crippen LogP contribution in [0.4, 0.5) is 0 Å². The van der Waals surface area contributed by atoms with E-state index in [1.807, 2.05) is 12.1 Å². The van der Waals surface area contributed by atoms with Crippen molar-refractivity contribution in [2.24, 2.45) is 11.0 Å². The summed E-state index contributed by atoms with van der Waals surface area (Å²) in [5.41, 5.74) is 11.3. The van der Waals surface area contributed by atoms with Crippen molar-refractivity contribution in [1.29, 1.82) is 0 Å². The number of unbranched alkanes of at least 4 members (excludes halogenated alkanes) is 1. The summed E-state index contributed by atoms with van der Waals surface area (Å²) in [5, 5.41) is 14.2. The van der Waals surface area contributed by atoms with E-state index in [-0.39, 0.29) is 11.5 Å². The average molecular weight is 365 g/mol. The lowest BCUT2D eigenvalue weighted by atomic mass is 9.68. The van der Waals surface area contributed by atoms with Gasteiger partial charge in [0.25, 0.3) is 0 Å². The van der Waals surface area contributed by atoms with Gasteiger partial charge in [-0.05, 0) is 63.3 Å². The smallest absolute Gasteiger partial charge is 0.127 e. The van der Waals surface area contributed by atoms with Crippen LogP contribution in [0.15, 0.2) is 28.9 Å². The molecule has 27 heavy (non-hydrogen) atoms. The minimum Gasteiger partial charge on any atom is -0.507 e. The Morgan fingerprint density at radius 2 is 2.19 bits per heavy atom. The number of fused-ring (bicyclic) bond motifs is 3. The van der Waals surface area contributed by atoms with Crippen molar-refractivity contribution in [3.05, 3.63) is 45.4 Å². The van der Waals surface area contributed by atoms with Crippen LogP contribution in [0.5, 0.6) is 11.5 Å². The second kappa shape index (κ2) is 7.98. The SMILES string of the molecule is CC1=C[C@H]2c3c(O)cc(CC#CCCCN=[N+]=[N-])cc3OC(C)(C)[C@@H]2CC1. The standard InChI is InChI=1S/C22H27N3O2/c1-15-9-10-18-17(12-15)21-19(26)13-16(14-20(21)27-22(18,2)3)8-6-4-5-7-11-24-25-23/h12-14,17-18,26H,5,7-11H2,1-3H3/t17-,18-/m1/s1. The summed E-state index contributed by atoms with van der Waals surface area (Å²) in [6, 6.07) is 3.85. The quantitative estimate of drug-likeness (QED) is 0.187. The number of hydrogen-bond acceptors (Lipinski definition) is 3. The van der Waals surface area contributed by atoms with Crippen molar-refractivity contribution in [3.63, 3.8) is 0 Å². The second-order valence-electron chi connectivity index (χ2n) is 8.00. The van der Waals surface area contributed by atoms with Gasteiger partial charge in [0.1, 0.15) is 17.1 Å². The first-order valence-electron chi connectivity index (χ1n) is 9.61. The summed E-state index contributed by atoms with van der Waals surface area (Å²) in [6.07, 6.45) is 6.51. The molecule has 1 heterocycles. The Morgan fingerprint density at radius 1 is 1.37 bits per heavy atom. The fourth-order valence-electron chi connectivity index (χ4n) is 4.22. The fourth-order valence-corrected chi connectivity index (χ4v) is 4.22. The first-order valence-corrected chi connectivity index (χ1v) is 9.61. The maximum atomic E-state index is 10.7. The molecule has 0 amide bonds. The third-order valence-electron chi connectivity index (χ3n) is 5.57. The van der Waals surface area contributed by atoms with E-state index >= 15 is 0 Å². The molecule has 0 saturated heterocycles. The average Bonchev–Trinajstić information content (AvgIpc) is 2.59. The third kappa shape index (κ3) is 4.23. The summed E-state index contributed by atoms with van der Waals surface area (Å²) in [4.78, 5) is 2.73. The van der Waals surface area contributed by atoms with Crippen LogP contribution in [0.2, 0.25) is 0 Å². The van der Waals surface area contributed by atoms with E-state index in [1.54, 1.807) is 0 Å². The van der Waals surface area contributed by atoms with Gasteiger partial charge >= 0.3 is 0 Å². The zero-order valence-electron chi connectivity index (χ0n) is 16.3. The van der Waals surface area contributed by atoms with Gasteiger partial charge in [0, 0.05) is 41.7 Å². The van der Waals surface area contributed by atoms with Gasteiger partial charge in [-0.15, -0.1) is 5.92 Å². The largest absolute Gasteiger partial charge is 0.507 e. The van der Waals surface area contributed by atoms with Gasteiger partial charge in [-0.3, -0.25) is 0 Å². The zero-order valence-corrected chi connectivity index (χ0v) is 16.3. The number of aromatic hydroxyl groups is 1. The molecule has 1 aromatic rings. The van der Waals surface area contributed by atoms with Crippen molar-refractivity contribution in [1.82, 2.24) is 0 Å². The van der Waals surface area contributed by atoms with Gasteiger partial charge < -0.3 is 9.84 Å². The van der Waals surface area contributed by atoms with Crippen molar-refractivity contribution in [2.45, 2.75) is 64.4 Å². The fraction of sp³-hybridized carbons (Fsp3) is 0.545. The molecule has 2 atom stereocenters. The summed E-state index contributed by atoms with van der Waals surface area (Å²) >= 11 is 0. The maximum Gasteiger partial charge on any atom is 0.127 e. The molecule has 1 aliphatic carbocycles. The molecule has 0 bridgehead atoms. The highest BCUT2D eigenvalue weighted by atomic mass is 16.5. The number of hydrogen-bond donors (Lipinski definition) is 1. The van der Waals surface area contributed by atoms with Crippen molar-refractivity contribution in [3.8, 4) is 23.3 Å². The van der Waals surface area contributed by atoms with Crippen LogP contribution in [-0.2, 0) is 6.42 Å². The predicted octanol–water partition coefficient (Wildman–Crippen LogP) is 5.64. The Kier molecular flexibility index (Phi) is 5.68. The first kappa shape index (κ1) is 19.2. The van der Waals surface area contributed by atoms with Crippen LogP contribution in [0, 0.1) is 17.8 Å². The van der Waals surface area contributed by atoms with Crippen LogP contribution in [0.1, 0.15) is 63.5 Å². The minimum absolute atomic E-state index is 0.207. The van der Waals surface area contributed by atoms with Gasteiger partial charge in [0.15, 0.2) is 0 Å². The Morgan fingerprint density at radius 3 is 2.96 bits per heavy atom. The Balaban J connectivity index is 1.81. The number of phenols is 1. The minimum atomic E-state index is -0.257. The van der Waals surface area contributed by atoms with Gasteiger partial charge in [-0.1, -0.05) is 22.7 Å². The second-order valence-corrected chi connectivity index (χ2v) is 8.00. The molecule has 0 fully saturated rings. The van der Waals surface area contributed by atoms with Crippen LogP contribution in [-0.4, -0.2) is 17.3 Å². The van der Waals surface area contributed by atoms with E-state index in [2.05, 4.69) is 48.7 Å². The molecule has 5 nitrogen and oxygen atoms in total. The van der Waals surface area contributed by atoms with E-state index in [4.69, 9.17) is 10.3 Å². The summed E-state index contributed by atoms with van der Waals surface area (Å²) in [5.74, 6) is 7.90. The van der Waals surface area contributed by atoms with Crippen molar-refractivity contribution >= 4 is 0 Å². The Labute approximate surface area is 161 Å². The molecule has 142 valence electrons. The molecule has 1 aliphatic heterocycles. The molecule has 0 radical (unpaired) electrons. The van der Waals surface area contributed by atoms with E-state index in [0.29, 0.717) is 31.1 Å². The van der Waals surface area contributed by atoms with Gasteiger partial charge in [0.2, 0.25) is 0 Å². The van der Waals surface area contributed by atoms with Crippen molar-refractivity contribution in [2.75, 3.05) is 6.54 Å². The van der Waals surface area contributed by atoms with Crippen molar-refractivity contribution < 1.29 is 9.84 Å². The van der Waals surface area contributed by atoms with Crippen LogP contribution < -0.4 is 4.74 Å². The lowest BCUT2D eigenvalue weighted by molar-refractivity contribution is 0.0107. The van der Waals surface area contributed by atoms with E-state index in [0.717, 1.165) is 36.1 Å². The lowest BCUT2D eigenvalue weighted by Crippen LogP contribution is -2.45.